The van der Waals surface area contributed by atoms with E-state index in [1.54, 1.807) is 11.8 Å². The van der Waals surface area contributed by atoms with Crippen molar-refractivity contribution in [2.75, 3.05) is 26.2 Å². The minimum atomic E-state index is -0.876. The lowest BCUT2D eigenvalue weighted by Gasteiger charge is -2.38. The van der Waals surface area contributed by atoms with E-state index in [1.165, 1.54) is 22.3 Å². The van der Waals surface area contributed by atoms with Crippen molar-refractivity contribution < 1.29 is 24.2 Å². The quantitative estimate of drug-likeness (QED) is 0.538. The molecule has 2 atom stereocenters. The summed E-state index contributed by atoms with van der Waals surface area (Å²) in [5.74, 6) is -1.07. The van der Waals surface area contributed by atoms with Gasteiger partial charge < -0.3 is 20.1 Å². The molecule has 4 rings (SSSR count). The van der Waals surface area contributed by atoms with Crippen LogP contribution in [0.1, 0.15) is 56.6 Å². The Labute approximate surface area is 206 Å². The first kappa shape index (κ1) is 24.8. The van der Waals surface area contributed by atoms with Gasteiger partial charge in [-0.05, 0) is 54.9 Å². The van der Waals surface area contributed by atoms with Gasteiger partial charge in [-0.2, -0.15) is 0 Å². The van der Waals surface area contributed by atoms with Crippen molar-refractivity contribution >= 4 is 18.0 Å². The normalized spacial score (nSPS) is 20.0. The van der Waals surface area contributed by atoms with E-state index < -0.39 is 17.5 Å². The van der Waals surface area contributed by atoms with Crippen LogP contribution in [0.5, 0.6) is 0 Å². The predicted octanol–water partition coefficient (Wildman–Crippen LogP) is 4.65. The van der Waals surface area contributed by atoms with E-state index in [0.717, 1.165) is 0 Å². The first-order chi connectivity index (χ1) is 16.8. The maximum atomic E-state index is 12.8. The molecule has 2 aromatic carbocycles. The third-order valence-corrected chi connectivity index (χ3v) is 7.37. The second-order valence-electron chi connectivity index (χ2n) is 10.0. The highest BCUT2D eigenvalue weighted by molar-refractivity contribution is 5.81. The summed E-state index contributed by atoms with van der Waals surface area (Å²) in [6.07, 6.45) is 2.08. The Bertz CT molecular complexity index is 1050. The van der Waals surface area contributed by atoms with Crippen LogP contribution in [0.3, 0.4) is 0 Å². The van der Waals surface area contributed by atoms with Crippen LogP contribution in [0.25, 0.3) is 11.1 Å². The lowest BCUT2D eigenvalue weighted by Crippen LogP contribution is -2.49. The molecule has 1 heterocycles. The second-order valence-corrected chi connectivity index (χ2v) is 10.0. The van der Waals surface area contributed by atoms with Gasteiger partial charge in [-0.15, -0.1) is 0 Å². The third-order valence-electron chi connectivity index (χ3n) is 7.37. The molecule has 7 nitrogen and oxygen atoms in total. The van der Waals surface area contributed by atoms with Crippen LogP contribution in [0.2, 0.25) is 0 Å². The van der Waals surface area contributed by atoms with Gasteiger partial charge in [0.1, 0.15) is 6.61 Å². The summed E-state index contributed by atoms with van der Waals surface area (Å²) in [4.78, 5) is 38.4. The van der Waals surface area contributed by atoms with Crippen LogP contribution < -0.4 is 5.32 Å². The standard InChI is InChI=1S/C28H34N2O5/c1-19(25(31)30-16-8-14-28(2,18-30)26(32)33)9-7-15-29-27(34)35-17-24-22-12-5-3-10-20(22)21-11-4-6-13-23(21)24/h3-6,10-13,19,24H,7-9,14-18H2,1-2H3,(H,29,34)(H,32,33). The Kier molecular flexibility index (Phi) is 7.43. The monoisotopic (exact) mass is 478 g/mol. The Morgan fingerprint density at radius 1 is 1.11 bits per heavy atom. The van der Waals surface area contributed by atoms with E-state index in [2.05, 4.69) is 29.6 Å². The van der Waals surface area contributed by atoms with Gasteiger partial charge in [-0.1, -0.05) is 55.5 Å². The van der Waals surface area contributed by atoms with Gasteiger partial charge >= 0.3 is 12.1 Å². The van der Waals surface area contributed by atoms with Crippen LogP contribution in [0.15, 0.2) is 48.5 Å². The lowest BCUT2D eigenvalue weighted by atomic mass is 9.81. The number of aliphatic carboxylic acids is 1. The third kappa shape index (κ3) is 5.34. The molecule has 1 aliphatic heterocycles. The summed E-state index contributed by atoms with van der Waals surface area (Å²) in [6.45, 7) is 5.11. The molecular formula is C28H34N2O5. The smallest absolute Gasteiger partial charge is 0.407 e. The van der Waals surface area contributed by atoms with Gasteiger partial charge in [-0.3, -0.25) is 9.59 Å². The minimum absolute atomic E-state index is 0.0154. The molecule has 35 heavy (non-hydrogen) atoms. The Hall–Kier alpha value is -3.35. The maximum absolute atomic E-state index is 12.8. The van der Waals surface area contributed by atoms with Crippen LogP contribution in [0.4, 0.5) is 4.79 Å². The number of nitrogens with one attached hydrogen (secondary N) is 1. The number of fused-ring (bicyclic) bond motifs is 3. The number of ether oxygens (including phenoxy) is 1. The van der Waals surface area contributed by atoms with Crippen molar-refractivity contribution in [2.24, 2.45) is 11.3 Å². The van der Waals surface area contributed by atoms with Crippen LogP contribution in [-0.4, -0.2) is 54.2 Å². The van der Waals surface area contributed by atoms with Gasteiger partial charge in [0.25, 0.3) is 0 Å². The summed E-state index contributed by atoms with van der Waals surface area (Å²) >= 11 is 0. The highest BCUT2D eigenvalue weighted by atomic mass is 16.5. The van der Waals surface area contributed by atoms with Crippen LogP contribution >= 0.6 is 0 Å². The summed E-state index contributed by atoms with van der Waals surface area (Å²) < 4.78 is 5.55. The number of carbonyl (C=O) groups is 3. The first-order valence-corrected chi connectivity index (χ1v) is 12.4. The summed E-state index contributed by atoms with van der Waals surface area (Å²) in [5.41, 5.74) is 3.84. The molecule has 1 fully saturated rings. The molecule has 0 aromatic heterocycles. The molecule has 1 saturated heterocycles. The number of carbonyl (C=O) groups excluding carboxylic acids is 2. The highest BCUT2D eigenvalue weighted by Gasteiger charge is 2.40. The largest absolute Gasteiger partial charge is 0.481 e. The number of piperidine rings is 1. The maximum Gasteiger partial charge on any atom is 0.407 e. The molecule has 2 aliphatic rings. The second kappa shape index (κ2) is 10.5. The Balaban J connectivity index is 1.21. The zero-order valence-electron chi connectivity index (χ0n) is 20.5. The van der Waals surface area contributed by atoms with Crippen molar-refractivity contribution in [2.45, 2.75) is 45.4 Å². The van der Waals surface area contributed by atoms with Gasteiger partial charge in [0.05, 0.1) is 5.41 Å². The molecule has 0 radical (unpaired) electrons. The van der Waals surface area contributed by atoms with E-state index in [9.17, 15) is 19.5 Å². The fourth-order valence-corrected chi connectivity index (χ4v) is 5.29. The molecule has 0 saturated carbocycles. The number of hydrogen-bond donors (Lipinski definition) is 2. The molecule has 7 heteroatoms. The fourth-order valence-electron chi connectivity index (χ4n) is 5.29. The molecule has 2 amide bonds. The lowest BCUT2D eigenvalue weighted by molar-refractivity contribution is -0.154. The molecular weight excluding hydrogens is 444 g/mol. The first-order valence-electron chi connectivity index (χ1n) is 12.4. The predicted molar refractivity (Wildman–Crippen MR) is 133 cm³/mol. The Morgan fingerprint density at radius 3 is 2.37 bits per heavy atom. The molecule has 0 bridgehead atoms. The van der Waals surface area contributed by atoms with E-state index >= 15 is 0 Å². The molecule has 1 aliphatic carbocycles. The van der Waals surface area contributed by atoms with Gasteiger partial charge in [-0.25, -0.2) is 4.79 Å². The van der Waals surface area contributed by atoms with Gasteiger partial charge in [0, 0.05) is 31.5 Å². The van der Waals surface area contributed by atoms with E-state index in [0.29, 0.717) is 38.8 Å². The molecule has 2 unspecified atom stereocenters. The van der Waals surface area contributed by atoms with E-state index in [1.807, 2.05) is 31.2 Å². The average molecular weight is 479 g/mol. The summed E-state index contributed by atoms with van der Waals surface area (Å²) in [7, 11) is 0. The number of alkyl carbamates (subject to hydrolysis) is 1. The topological polar surface area (TPSA) is 95.9 Å². The molecule has 2 aromatic rings. The molecule has 0 spiro atoms. The number of carboxylic acid groups (broad SMARTS) is 1. The highest BCUT2D eigenvalue weighted by Crippen LogP contribution is 2.44. The molecule has 2 N–H and O–H groups in total. The van der Waals surface area contributed by atoms with Crippen molar-refractivity contribution in [3.05, 3.63) is 59.7 Å². The Morgan fingerprint density at radius 2 is 1.74 bits per heavy atom. The van der Waals surface area contributed by atoms with Crippen molar-refractivity contribution in [3.8, 4) is 11.1 Å². The SMILES string of the molecule is CC(CCCNC(=O)OCC1c2ccccc2-c2ccccc21)C(=O)N1CCCC(C)(C(=O)O)C1. The van der Waals surface area contributed by atoms with E-state index in [-0.39, 0.29) is 30.9 Å². The number of nitrogens with zero attached hydrogens (tertiary/aromatic N) is 1. The average Bonchev–Trinajstić information content (AvgIpc) is 3.18. The number of likely N-dealkylation sites (tertiary alicyclic amines) is 1. The summed E-state index contributed by atoms with van der Waals surface area (Å²) in [5, 5.41) is 12.3. The van der Waals surface area contributed by atoms with Crippen molar-refractivity contribution in [1.29, 1.82) is 0 Å². The number of rotatable bonds is 8. The van der Waals surface area contributed by atoms with Crippen LogP contribution in [-0.2, 0) is 14.3 Å². The van der Waals surface area contributed by atoms with E-state index in [4.69, 9.17) is 4.74 Å². The minimum Gasteiger partial charge on any atom is -0.481 e. The molecule has 186 valence electrons. The number of benzene rings is 2. The fraction of sp³-hybridized carbons (Fsp3) is 0.464. The number of carboxylic acids is 1. The van der Waals surface area contributed by atoms with Crippen LogP contribution in [0, 0.1) is 11.3 Å². The van der Waals surface area contributed by atoms with Crippen molar-refractivity contribution in [1.82, 2.24) is 10.2 Å². The van der Waals surface area contributed by atoms with Gasteiger partial charge in [0.15, 0.2) is 0 Å². The zero-order valence-corrected chi connectivity index (χ0v) is 20.5. The number of hydrogen-bond acceptors (Lipinski definition) is 4. The van der Waals surface area contributed by atoms with Gasteiger partial charge in [0.2, 0.25) is 5.91 Å². The summed E-state index contributed by atoms with van der Waals surface area (Å²) in [6, 6.07) is 16.4. The zero-order chi connectivity index (χ0) is 25.0. The van der Waals surface area contributed by atoms with Crippen molar-refractivity contribution in [3.63, 3.8) is 0 Å². The number of amides is 2.